The van der Waals surface area contributed by atoms with Crippen LogP contribution < -0.4 is 15.6 Å². The number of nitrogens with one attached hydrogen (secondary N) is 1. The van der Waals surface area contributed by atoms with Crippen LogP contribution in [0.3, 0.4) is 0 Å². The number of amides is 1. The number of aromatic nitrogens is 3. The molecule has 0 aliphatic rings. The molecule has 4 aromatic rings. The summed E-state index contributed by atoms with van der Waals surface area (Å²) < 4.78 is 7.06. The van der Waals surface area contributed by atoms with Crippen LogP contribution in [0, 0.1) is 0 Å². The average molecular weight is 414 g/mol. The predicted octanol–water partition coefficient (Wildman–Crippen LogP) is 3.73. The third-order valence-electron chi connectivity index (χ3n) is 4.68. The largest absolute Gasteiger partial charge is 0.478 e. The zero-order valence-corrected chi connectivity index (χ0v) is 17.3. The Kier molecular flexibility index (Phi) is 5.75. The van der Waals surface area contributed by atoms with E-state index in [0.29, 0.717) is 47.1 Å². The second-order valence-corrected chi connectivity index (χ2v) is 7.02. The zero-order chi connectivity index (χ0) is 21.8. The fraction of sp³-hybridized carbons (Fsp3) is 0.167. The standard InChI is InChI=1S/C24H22N4O3/c1-3-31-22-13-12-20-23(27-22)28(19-11-7-10-18(15-19)25-16(2)29)24(30)21(26-20)14-17-8-5-4-6-9-17/h4-13,15H,3,14H2,1-2H3,(H,25,29). The van der Waals surface area contributed by atoms with Crippen LogP contribution in [0.2, 0.25) is 0 Å². The van der Waals surface area contributed by atoms with Gasteiger partial charge >= 0.3 is 0 Å². The molecule has 0 bridgehead atoms. The molecule has 0 radical (unpaired) electrons. The monoisotopic (exact) mass is 414 g/mol. The smallest absolute Gasteiger partial charge is 0.278 e. The molecule has 2 heterocycles. The molecule has 2 aromatic carbocycles. The summed E-state index contributed by atoms with van der Waals surface area (Å²) >= 11 is 0. The maximum Gasteiger partial charge on any atom is 0.278 e. The van der Waals surface area contributed by atoms with Crippen LogP contribution in [0.25, 0.3) is 16.9 Å². The topological polar surface area (TPSA) is 86.1 Å². The van der Waals surface area contributed by atoms with Gasteiger partial charge in [-0.25, -0.2) is 4.98 Å². The van der Waals surface area contributed by atoms with E-state index in [2.05, 4.69) is 15.3 Å². The molecular weight excluding hydrogens is 392 g/mol. The number of anilines is 1. The van der Waals surface area contributed by atoms with E-state index in [1.165, 1.54) is 11.5 Å². The van der Waals surface area contributed by atoms with Crippen LogP contribution in [0.15, 0.2) is 71.5 Å². The Morgan fingerprint density at radius 1 is 1.03 bits per heavy atom. The lowest BCUT2D eigenvalue weighted by Crippen LogP contribution is -2.25. The van der Waals surface area contributed by atoms with Gasteiger partial charge in [0.05, 0.1) is 12.3 Å². The van der Waals surface area contributed by atoms with Gasteiger partial charge in [-0.3, -0.25) is 14.2 Å². The highest BCUT2D eigenvalue weighted by Crippen LogP contribution is 2.21. The Bertz CT molecular complexity index is 1300. The highest BCUT2D eigenvalue weighted by molar-refractivity contribution is 5.89. The number of hydrogen-bond donors (Lipinski definition) is 1. The molecule has 0 aliphatic heterocycles. The maximum atomic E-state index is 13.5. The van der Waals surface area contributed by atoms with Crippen molar-refractivity contribution in [1.82, 2.24) is 14.5 Å². The van der Waals surface area contributed by atoms with Gasteiger partial charge < -0.3 is 10.1 Å². The average Bonchev–Trinajstić information content (AvgIpc) is 2.75. The van der Waals surface area contributed by atoms with Crippen molar-refractivity contribution in [2.45, 2.75) is 20.3 Å². The number of nitrogens with zero attached hydrogens (tertiary/aromatic N) is 3. The van der Waals surface area contributed by atoms with Crippen LogP contribution in [0.4, 0.5) is 5.69 Å². The van der Waals surface area contributed by atoms with Gasteiger partial charge in [0.15, 0.2) is 5.65 Å². The summed E-state index contributed by atoms with van der Waals surface area (Å²) in [5, 5.41) is 2.75. The lowest BCUT2D eigenvalue weighted by Gasteiger charge is -2.14. The zero-order valence-electron chi connectivity index (χ0n) is 17.3. The Morgan fingerprint density at radius 2 is 1.84 bits per heavy atom. The fourth-order valence-corrected chi connectivity index (χ4v) is 3.39. The summed E-state index contributed by atoms with van der Waals surface area (Å²) in [5.74, 6) is 0.226. The first-order chi connectivity index (χ1) is 15.0. The maximum absolute atomic E-state index is 13.5. The van der Waals surface area contributed by atoms with Gasteiger partial charge in [-0.05, 0) is 36.8 Å². The van der Waals surface area contributed by atoms with Gasteiger partial charge in [-0.15, -0.1) is 0 Å². The van der Waals surface area contributed by atoms with Gasteiger partial charge in [0.1, 0.15) is 11.2 Å². The first-order valence-corrected chi connectivity index (χ1v) is 10.0. The number of ether oxygens (including phenoxy) is 1. The van der Waals surface area contributed by atoms with Gasteiger partial charge in [0.25, 0.3) is 5.56 Å². The minimum absolute atomic E-state index is 0.189. The van der Waals surface area contributed by atoms with Crippen molar-refractivity contribution in [3.05, 3.63) is 88.3 Å². The summed E-state index contributed by atoms with van der Waals surface area (Å²) in [6.45, 7) is 3.77. The summed E-state index contributed by atoms with van der Waals surface area (Å²) in [5.41, 5.74) is 3.29. The van der Waals surface area contributed by atoms with Crippen LogP contribution in [-0.4, -0.2) is 27.0 Å². The van der Waals surface area contributed by atoms with Crippen molar-refractivity contribution < 1.29 is 9.53 Å². The third kappa shape index (κ3) is 4.45. The number of pyridine rings is 1. The molecule has 0 atom stereocenters. The summed E-state index contributed by atoms with van der Waals surface area (Å²) in [7, 11) is 0. The van der Waals surface area contributed by atoms with Crippen molar-refractivity contribution in [1.29, 1.82) is 0 Å². The van der Waals surface area contributed by atoms with Gasteiger partial charge in [-0.1, -0.05) is 36.4 Å². The third-order valence-corrected chi connectivity index (χ3v) is 4.68. The Morgan fingerprint density at radius 3 is 2.58 bits per heavy atom. The normalized spacial score (nSPS) is 10.8. The number of hydrogen-bond acceptors (Lipinski definition) is 5. The van der Waals surface area contributed by atoms with Crippen LogP contribution in [0.1, 0.15) is 25.1 Å². The molecule has 0 fully saturated rings. The van der Waals surface area contributed by atoms with Gasteiger partial charge in [0.2, 0.25) is 11.8 Å². The van der Waals surface area contributed by atoms with E-state index in [4.69, 9.17) is 4.74 Å². The molecule has 7 heteroatoms. The minimum atomic E-state index is -0.266. The lowest BCUT2D eigenvalue weighted by atomic mass is 10.1. The molecule has 1 N–H and O–H groups in total. The van der Waals surface area contributed by atoms with E-state index in [-0.39, 0.29) is 11.5 Å². The van der Waals surface area contributed by atoms with Gasteiger partial charge in [-0.2, -0.15) is 4.98 Å². The van der Waals surface area contributed by atoms with Crippen LogP contribution >= 0.6 is 0 Å². The molecule has 0 saturated carbocycles. The van der Waals surface area contributed by atoms with Crippen molar-refractivity contribution >= 4 is 22.8 Å². The quantitative estimate of drug-likeness (QED) is 0.520. The Balaban J connectivity index is 1.93. The van der Waals surface area contributed by atoms with Crippen molar-refractivity contribution in [3.63, 3.8) is 0 Å². The lowest BCUT2D eigenvalue weighted by molar-refractivity contribution is -0.114. The van der Waals surface area contributed by atoms with Crippen molar-refractivity contribution in [2.75, 3.05) is 11.9 Å². The Hall–Kier alpha value is -4.00. The number of carbonyl (C=O) groups is 1. The number of carbonyl (C=O) groups excluding carboxylic acids is 1. The second-order valence-electron chi connectivity index (χ2n) is 7.02. The number of benzene rings is 2. The molecule has 0 spiro atoms. The highest BCUT2D eigenvalue weighted by atomic mass is 16.5. The molecular formula is C24H22N4O3. The van der Waals surface area contributed by atoms with E-state index in [1.54, 1.807) is 36.4 Å². The molecule has 7 nitrogen and oxygen atoms in total. The Labute approximate surface area is 179 Å². The molecule has 4 rings (SSSR count). The van der Waals surface area contributed by atoms with Crippen molar-refractivity contribution in [2.24, 2.45) is 0 Å². The van der Waals surface area contributed by atoms with E-state index in [9.17, 15) is 9.59 Å². The van der Waals surface area contributed by atoms with Gasteiger partial charge in [0, 0.05) is 25.1 Å². The summed E-state index contributed by atoms with van der Waals surface area (Å²) in [4.78, 5) is 34.2. The minimum Gasteiger partial charge on any atom is -0.478 e. The molecule has 0 saturated heterocycles. The molecule has 31 heavy (non-hydrogen) atoms. The number of rotatable bonds is 6. The van der Waals surface area contributed by atoms with E-state index >= 15 is 0 Å². The van der Waals surface area contributed by atoms with Crippen molar-refractivity contribution in [3.8, 4) is 11.6 Å². The second kappa shape index (κ2) is 8.79. The highest BCUT2D eigenvalue weighted by Gasteiger charge is 2.16. The molecule has 2 aromatic heterocycles. The predicted molar refractivity (Wildman–Crippen MR) is 120 cm³/mol. The van der Waals surface area contributed by atoms with Crippen LogP contribution in [-0.2, 0) is 11.2 Å². The summed E-state index contributed by atoms with van der Waals surface area (Å²) in [6.07, 6.45) is 0.397. The first-order valence-electron chi connectivity index (χ1n) is 10.0. The molecule has 0 aliphatic carbocycles. The molecule has 0 unspecified atom stereocenters. The SMILES string of the molecule is CCOc1ccc2nc(Cc3ccccc3)c(=O)n(-c3cccc(NC(C)=O)c3)c2n1. The van der Waals surface area contributed by atoms with Crippen LogP contribution in [0.5, 0.6) is 5.88 Å². The van der Waals surface area contributed by atoms with E-state index in [1.807, 2.05) is 37.3 Å². The molecule has 1 amide bonds. The summed E-state index contributed by atoms with van der Waals surface area (Å²) in [6, 6.07) is 20.4. The van der Waals surface area contributed by atoms with E-state index < -0.39 is 0 Å². The number of fused-ring (bicyclic) bond motifs is 1. The fourth-order valence-electron chi connectivity index (χ4n) is 3.39. The first kappa shape index (κ1) is 20.3. The molecule has 156 valence electrons. The van der Waals surface area contributed by atoms with E-state index in [0.717, 1.165) is 5.56 Å².